The SMILES string of the molecule is COc1ccc(CCN2CCN(C(=O)c3ccc(Cl)c(NS(C)(=O)=O)c3)CC2)cc1. The lowest BCUT2D eigenvalue weighted by molar-refractivity contribution is 0.0638. The van der Waals surface area contributed by atoms with Crippen molar-refractivity contribution in [2.45, 2.75) is 6.42 Å². The molecule has 0 atom stereocenters. The van der Waals surface area contributed by atoms with Crippen LogP contribution in [0.4, 0.5) is 5.69 Å². The highest BCUT2D eigenvalue weighted by Gasteiger charge is 2.23. The number of rotatable bonds is 7. The lowest BCUT2D eigenvalue weighted by atomic mass is 10.1. The van der Waals surface area contributed by atoms with Gasteiger partial charge >= 0.3 is 0 Å². The molecular weight excluding hydrogens is 426 g/mol. The van der Waals surface area contributed by atoms with Crippen LogP contribution in [0.15, 0.2) is 42.5 Å². The van der Waals surface area contributed by atoms with Gasteiger partial charge in [-0.1, -0.05) is 23.7 Å². The monoisotopic (exact) mass is 451 g/mol. The summed E-state index contributed by atoms with van der Waals surface area (Å²) in [4.78, 5) is 17.0. The van der Waals surface area contributed by atoms with E-state index in [-0.39, 0.29) is 16.6 Å². The highest BCUT2D eigenvalue weighted by atomic mass is 35.5. The smallest absolute Gasteiger partial charge is 0.254 e. The Morgan fingerprint density at radius 3 is 2.37 bits per heavy atom. The van der Waals surface area contributed by atoms with Gasteiger partial charge in [-0.05, 0) is 42.3 Å². The van der Waals surface area contributed by atoms with Gasteiger partial charge in [0.2, 0.25) is 10.0 Å². The number of methoxy groups -OCH3 is 1. The van der Waals surface area contributed by atoms with Crippen molar-refractivity contribution in [2.75, 3.05) is 50.8 Å². The van der Waals surface area contributed by atoms with Crippen LogP contribution in [-0.2, 0) is 16.4 Å². The number of sulfonamides is 1. The Morgan fingerprint density at radius 2 is 1.77 bits per heavy atom. The van der Waals surface area contributed by atoms with Crippen LogP contribution in [0.2, 0.25) is 5.02 Å². The maximum Gasteiger partial charge on any atom is 0.254 e. The van der Waals surface area contributed by atoms with Crippen LogP contribution in [-0.4, -0.2) is 70.2 Å². The van der Waals surface area contributed by atoms with E-state index in [0.29, 0.717) is 18.7 Å². The third-order valence-electron chi connectivity index (χ3n) is 5.04. The first-order valence-electron chi connectivity index (χ1n) is 9.67. The molecule has 0 bridgehead atoms. The number of carbonyl (C=O) groups excluding carboxylic acids is 1. The van der Waals surface area contributed by atoms with Crippen molar-refractivity contribution in [2.24, 2.45) is 0 Å². The number of anilines is 1. The van der Waals surface area contributed by atoms with Crippen LogP contribution >= 0.6 is 11.6 Å². The fourth-order valence-corrected chi connectivity index (χ4v) is 4.16. The summed E-state index contributed by atoms with van der Waals surface area (Å²) < 4.78 is 30.5. The molecule has 2 aromatic carbocycles. The molecule has 0 aromatic heterocycles. The second kappa shape index (κ2) is 9.68. The molecule has 1 saturated heterocycles. The van der Waals surface area contributed by atoms with Gasteiger partial charge in [0.25, 0.3) is 5.91 Å². The second-order valence-corrected chi connectivity index (χ2v) is 9.46. The number of nitrogens with one attached hydrogen (secondary N) is 1. The van der Waals surface area contributed by atoms with Crippen molar-refractivity contribution in [3.05, 3.63) is 58.6 Å². The number of halogens is 1. The predicted octanol–water partition coefficient (Wildman–Crippen LogP) is 2.72. The van der Waals surface area contributed by atoms with Crippen molar-refractivity contribution in [1.29, 1.82) is 0 Å². The van der Waals surface area contributed by atoms with Crippen molar-refractivity contribution in [3.8, 4) is 5.75 Å². The first kappa shape index (κ1) is 22.4. The van der Waals surface area contributed by atoms with E-state index in [1.807, 2.05) is 12.1 Å². The molecule has 162 valence electrons. The van der Waals surface area contributed by atoms with E-state index in [1.54, 1.807) is 18.1 Å². The van der Waals surface area contributed by atoms with Gasteiger partial charge in [0.15, 0.2) is 0 Å². The lowest BCUT2D eigenvalue weighted by Crippen LogP contribution is -2.49. The molecule has 3 rings (SSSR count). The van der Waals surface area contributed by atoms with Gasteiger partial charge in [0, 0.05) is 38.3 Å². The van der Waals surface area contributed by atoms with E-state index in [9.17, 15) is 13.2 Å². The molecule has 1 N–H and O–H groups in total. The third kappa shape index (κ3) is 6.10. The van der Waals surface area contributed by atoms with Crippen molar-refractivity contribution in [1.82, 2.24) is 9.80 Å². The maximum atomic E-state index is 12.9. The van der Waals surface area contributed by atoms with Crippen LogP contribution in [0.3, 0.4) is 0 Å². The molecule has 2 aromatic rings. The molecular formula is C21H26ClN3O4S. The molecule has 1 aliphatic heterocycles. The number of piperazine rings is 1. The zero-order valence-corrected chi connectivity index (χ0v) is 18.7. The van der Waals surface area contributed by atoms with Gasteiger partial charge in [0.05, 0.1) is 24.1 Å². The first-order valence-corrected chi connectivity index (χ1v) is 11.9. The molecule has 1 fully saturated rings. The fraction of sp³-hybridized carbons (Fsp3) is 0.381. The molecule has 0 spiro atoms. The number of benzene rings is 2. The minimum Gasteiger partial charge on any atom is -0.497 e. The van der Waals surface area contributed by atoms with E-state index in [1.165, 1.54) is 17.7 Å². The lowest BCUT2D eigenvalue weighted by Gasteiger charge is -2.34. The third-order valence-corrected chi connectivity index (χ3v) is 5.96. The maximum absolute atomic E-state index is 12.9. The predicted molar refractivity (Wildman–Crippen MR) is 119 cm³/mol. The van der Waals surface area contributed by atoms with E-state index >= 15 is 0 Å². The van der Waals surface area contributed by atoms with Crippen molar-refractivity contribution < 1.29 is 17.9 Å². The Kier molecular flexibility index (Phi) is 7.23. The Bertz CT molecular complexity index is 988. The van der Waals surface area contributed by atoms with Gasteiger partial charge in [-0.2, -0.15) is 0 Å². The molecule has 0 unspecified atom stereocenters. The zero-order valence-electron chi connectivity index (χ0n) is 17.1. The standard InChI is InChI=1S/C21H26ClN3O4S/c1-29-18-6-3-16(4-7-18)9-10-24-11-13-25(14-12-24)21(26)17-5-8-19(22)20(15-17)23-30(2,27)28/h3-8,15,23H,9-14H2,1-2H3. The summed E-state index contributed by atoms with van der Waals surface area (Å²) in [5, 5.41) is 0.250. The van der Waals surface area contributed by atoms with Crippen LogP contribution in [0.25, 0.3) is 0 Å². The normalized spacial score (nSPS) is 15.1. The Hall–Kier alpha value is -2.29. The van der Waals surface area contributed by atoms with Crippen LogP contribution < -0.4 is 9.46 Å². The summed E-state index contributed by atoms with van der Waals surface area (Å²) in [6.07, 6.45) is 1.98. The van der Waals surface area contributed by atoms with E-state index in [2.05, 4.69) is 21.8 Å². The first-order chi connectivity index (χ1) is 14.2. The van der Waals surface area contributed by atoms with Crippen molar-refractivity contribution in [3.63, 3.8) is 0 Å². The summed E-state index contributed by atoms with van der Waals surface area (Å²) >= 11 is 6.05. The van der Waals surface area contributed by atoms with Gasteiger partial charge in [-0.15, -0.1) is 0 Å². The summed E-state index contributed by atoms with van der Waals surface area (Å²) in [6, 6.07) is 12.7. The average Bonchev–Trinajstić information content (AvgIpc) is 2.73. The number of hydrogen-bond donors (Lipinski definition) is 1. The minimum absolute atomic E-state index is 0.127. The number of nitrogens with zero attached hydrogens (tertiary/aromatic N) is 2. The number of hydrogen-bond acceptors (Lipinski definition) is 5. The molecule has 0 aliphatic carbocycles. The quantitative estimate of drug-likeness (QED) is 0.700. The molecule has 0 saturated carbocycles. The van der Waals surface area contributed by atoms with Crippen LogP contribution in [0, 0.1) is 0 Å². The highest BCUT2D eigenvalue weighted by molar-refractivity contribution is 7.92. The van der Waals surface area contributed by atoms with Gasteiger partial charge in [0.1, 0.15) is 5.75 Å². The minimum atomic E-state index is -3.48. The summed E-state index contributed by atoms with van der Waals surface area (Å²) in [5.74, 6) is 0.723. The average molecular weight is 452 g/mol. The Labute approximate surface area is 182 Å². The topological polar surface area (TPSA) is 79.0 Å². The Morgan fingerprint density at radius 1 is 1.10 bits per heavy atom. The molecule has 1 amide bonds. The van der Waals surface area contributed by atoms with E-state index in [4.69, 9.17) is 16.3 Å². The largest absolute Gasteiger partial charge is 0.497 e. The zero-order chi connectivity index (χ0) is 21.7. The molecule has 1 heterocycles. The number of carbonyl (C=O) groups is 1. The summed E-state index contributed by atoms with van der Waals surface area (Å²) in [6.45, 7) is 3.77. The summed E-state index contributed by atoms with van der Waals surface area (Å²) in [5.41, 5.74) is 1.88. The van der Waals surface area contributed by atoms with E-state index < -0.39 is 10.0 Å². The molecule has 7 nitrogen and oxygen atoms in total. The van der Waals surface area contributed by atoms with E-state index in [0.717, 1.165) is 38.1 Å². The molecule has 30 heavy (non-hydrogen) atoms. The summed E-state index contributed by atoms with van der Waals surface area (Å²) in [7, 11) is -1.82. The number of amides is 1. The van der Waals surface area contributed by atoms with Gasteiger partial charge in [-0.25, -0.2) is 8.42 Å². The number of ether oxygens (including phenoxy) is 1. The van der Waals surface area contributed by atoms with Crippen LogP contribution in [0.5, 0.6) is 5.75 Å². The van der Waals surface area contributed by atoms with Gasteiger partial charge in [-0.3, -0.25) is 14.4 Å². The highest BCUT2D eigenvalue weighted by Crippen LogP contribution is 2.25. The molecule has 1 aliphatic rings. The fourth-order valence-electron chi connectivity index (χ4n) is 3.37. The molecule has 9 heteroatoms. The van der Waals surface area contributed by atoms with Crippen LogP contribution in [0.1, 0.15) is 15.9 Å². The van der Waals surface area contributed by atoms with Gasteiger partial charge < -0.3 is 9.64 Å². The Balaban J connectivity index is 1.54. The van der Waals surface area contributed by atoms with Crippen molar-refractivity contribution >= 4 is 33.2 Å². The molecule has 0 radical (unpaired) electrons. The second-order valence-electron chi connectivity index (χ2n) is 7.30.